The molecule has 1 unspecified atom stereocenters. The van der Waals surface area contributed by atoms with Crippen LogP contribution in [0.1, 0.15) is 37.0 Å². The number of fused-ring (bicyclic) bond motifs is 1. The largest absolute Gasteiger partial charge is 0.497 e. The van der Waals surface area contributed by atoms with Crippen LogP contribution in [0.25, 0.3) is 11.0 Å². The van der Waals surface area contributed by atoms with E-state index in [1.807, 2.05) is 26.0 Å². The SMILES string of the molecule is CCC(C)N(CC(=O)N(Cc1ccc(F)cc1)Cc1coc2ccccc2c1=O)C(=O)Cc1ccc(OC)cc1. The highest BCUT2D eigenvalue weighted by Crippen LogP contribution is 2.17. The number of para-hydroxylation sites is 1. The number of nitrogens with zero attached hydrogens (tertiary/aromatic N) is 2. The molecule has 4 rings (SSSR count). The Kier molecular flexibility index (Phi) is 9.32. The standard InChI is InChI=1S/C32H33FN2O5/c1-4-22(2)35(30(36)17-23-11-15-27(39-3)16-12-23)20-31(37)34(18-24-9-13-26(33)14-10-24)19-25-21-40-29-8-6-5-7-28(29)32(25)38/h5-16,21-22H,4,17-20H2,1-3H3. The lowest BCUT2D eigenvalue weighted by atomic mass is 10.1. The molecule has 0 fully saturated rings. The van der Waals surface area contributed by atoms with E-state index in [-0.39, 0.29) is 55.2 Å². The first-order valence-corrected chi connectivity index (χ1v) is 13.2. The number of rotatable bonds is 11. The van der Waals surface area contributed by atoms with Crippen LogP contribution in [0.5, 0.6) is 5.75 Å². The summed E-state index contributed by atoms with van der Waals surface area (Å²) < 4.78 is 24.4. The minimum absolute atomic E-state index is 0.0234. The van der Waals surface area contributed by atoms with Crippen LogP contribution in [0.2, 0.25) is 0 Å². The number of methoxy groups -OCH3 is 1. The molecule has 4 aromatic rings. The molecule has 2 amide bonds. The minimum atomic E-state index is -0.385. The Morgan fingerprint density at radius 3 is 2.27 bits per heavy atom. The van der Waals surface area contributed by atoms with Crippen molar-refractivity contribution in [3.8, 4) is 5.75 Å². The second kappa shape index (κ2) is 13.1. The summed E-state index contributed by atoms with van der Waals surface area (Å²) in [7, 11) is 1.58. The Hall–Kier alpha value is -4.46. The first-order valence-electron chi connectivity index (χ1n) is 13.2. The Labute approximate surface area is 232 Å². The minimum Gasteiger partial charge on any atom is -0.497 e. The molecule has 3 aromatic carbocycles. The number of hydrogen-bond acceptors (Lipinski definition) is 5. The van der Waals surface area contributed by atoms with Gasteiger partial charge in [0.2, 0.25) is 11.8 Å². The number of ether oxygens (including phenoxy) is 1. The van der Waals surface area contributed by atoms with Crippen LogP contribution >= 0.6 is 0 Å². The van der Waals surface area contributed by atoms with Gasteiger partial charge in [0, 0.05) is 12.6 Å². The molecule has 0 aliphatic heterocycles. The molecular formula is C32H33FN2O5. The maximum atomic E-state index is 13.8. The zero-order valence-corrected chi connectivity index (χ0v) is 22.9. The lowest BCUT2D eigenvalue weighted by Crippen LogP contribution is -2.47. The fourth-order valence-corrected chi connectivity index (χ4v) is 4.45. The fourth-order valence-electron chi connectivity index (χ4n) is 4.45. The van der Waals surface area contributed by atoms with E-state index < -0.39 is 0 Å². The van der Waals surface area contributed by atoms with Crippen LogP contribution in [0, 0.1) is 5.82 Å². The summed E-state index contributed by atoms with van der Waals surface area (Å²) in [5, 5.41) is 0.421. The first-order chi connectivity index (χ1) is 19.3. The van der Waals surface area contributed by atoms with E-state index in [0.717, 1.165) is 5.56 Å². The molecular weight excluding hydrogens is 511 g/mol. The Morgan fingerprint density at radius 2 is 1.60 bits per heavy atom. The van der Waals surface area contributed by atoms with Gasteiger partial charge in [0.1, 0.15) is 23.7 Å². The van der Waals surface area contributed by atoms with Gasteiger partial charge in [-0.25, -0.2) is 4.39 Å². The molecule has 0 aliphatic rings. The zero-order chi connectivity index (χ0) is 28.6. The Morgan fingerprint density at radius 1 is 0.925 bits per heavy atom. The molecule has 0 saturated heterocycles. The van der Waals surface area contributed by atoms with Crippen molar-refractivity contribution in [2.24, 2.45) is 0 Å². The van der Waals surface area contributed by atoms with Gasteiger partial charge in [0.15, 0.2) is 5.43 Å². The second-order valence-corrected chi connectivity index (χ2v) is 9.77. The van der Waals surface area contributed by atoms with Crippen molar-refractivity contribution in [2.75, 3.05) is 13.7 Å². The van der Waals surface area contributed by atoms with Crippen molar-refractivity contribution in [2.45, 2.75) is 45.8 Å². The van der Waals surface area contributed by atoms with Gasteiger partial charge in [-0.2, -0.15) is 0 Å². The van der Waals surface area contributed by atoms with Crippen molar-refractivity contribution in [3.63, 3.8) is 0 Å². The number of amides is 2. The summed E-state index contributed by atoms with van der Waals surface area (Å²) in [6.07, 6.45) is 2.17. The third-order valence-electron chi connectivity index (χ3n) is 7.02. The summed E-state index contributed by atoms with van der Waals surface area (Å²) >= 11 is 0. The summed E-state index contributed by atoms with van der Waals surface area (Å²) in [6, 6.07) is 19.8. The van der Waals surface area contributed by atoms with Crippen LogP contribution in [0.15, 0.2) is 88.3 Å². The molecule has 0 saturated carbocycles. The van der Waals surface area contributed by atoms with E-state index in [2.05, 4.69) is 0 Å². The molecule has 7 nitrogen and oxygen atoms in total. The van der Waals surface area contributed by atoms with Crippen LogP contribution < -0.4 is 10.2 Å². The summed E-state index contributed by atoms with van der Waals surface area (Å²) in [4.78, 5) is 43.4. The Bertz CT molecular complexity index is 1520. The highest BCUT2D eigenvalue weighted by atomic mass is 19.1. The number of benzene rings is 3. The summed E-state index contributed by atoms with van der Waals surface area (Å²) in [6.45, 7) is 3.81. The lowest BCUT2D eigenvalue weighted by Gasteiger charge is -2.31. The smallest absolute Gasteiger partial charge is 0.242 e. The van der Waals surface area contributed by atoms with Gasteiger partial charge in [-0.3, -0.25) is 14.4 Å². The van der Waals surface area contributed by atoms with E-state index >= 15 is 0 Å². The van der Waals surface area contributed by atoms with Gasteiger partial charge < -0.3 is 19.0 Å². The van der Waals surface area contributed by atoms with E-state index in [1.165, 1.54) is 23.3 Å². The summed E-state index contributed by atoms with van der Waals surface area (Å²) in [5.74, 6) is -0.205. The monoisotopic (exact) mass is 544 g/mol. The van der Waals surface area contributed by atoms with Gasteiger partial charge in [0.05, 0.1) is 37.3 Å². The second-order valence-electron chi connectivity index (χ2n) is 9.77. The molecule has 0 bridgehead atoms. The number of hydrogen-bond donors (Lipinski definition) is 0. The van der Waals surface area contributed by atoms with Gasteiger partial charge in [0.25, 0.3) is 0 Å². The summed E-state index contributed by atoms with van der Waals surface area (Å²) in [5.41, 5.74) is 2.05. The first kappa shape index (κ1) is 28.5. The molecule has 1 atom stereocenters. The quantitative estimate of drug-likeness (QED) is 0.255. The van der Waals surface area contributed by atoms with Crippen molar-refractivity contribution >= 4 is 22.8 Å². The molecule has 40 heavy (non-hydrogen) atoms. The predicted octanol–water partition coefficient (Wildman–Crippen LogP) is 5.34. The maximum Gasteiger partial charge on any atom is 0.242 e. The van der Waals surface area contributed by atoms with Crippen molar-refractivity contribution in [1.82, 2.24) is 9.80 Å². The van der Waals surface area contributed by atoms with Crippen molar-refractivity contribution < 1.29 is 23.1 Å². The number of carbonyl (C=O) groups is 2. The molecule has 1 heterocycles. The van der Waals surface area contributed by atoms with Gasteiger partial charge in [-0.1, -0.05) is 43.3 Å². The third kappa shape index (κ3) is 6.94. The predicted molar refractivity (Wildman–Crippen MR) is 151 cm³/mol. The molecule has 0 aliphatic carbocycles. The van der Waals surface area contributed by atoms with Crippen LogP contribution in [-0.2, 0) is 29.1 Å². The van der Waals surface area contributed by atoms with E-state index in [9.17, 15) is 18.8 Å². The maximum absolute atomic E-state index is 13.8. The normalized spacial score (nSPS) is 11.7. The van der Waals surface area contributed by atoms with Gasteiger partial charge in [-0.05, 0) is 60.9 Å². The van der Waals surface area contributed by atoms with Crippen LogP contribution in [-0.4, -0.2) is 41.3 Å². The molecule has 1 aromatic heterocycles. The topological polar surface area (TPSA) is 80.1 Å². The molecule has 0 N–H and O–H groups in total. The van der Waals surface area contributed by atoms with E-state index in [0.29, 0.717) is 34.3 Å². The molecule has 208 valence electrons. The van der Waals surface area contributed by atoms with E-state index in [1.54, 1.807) is 60.5 Å². The number of carbonyl (C=O) groups excluding carboxylic acids is 2. The Balaban J connectivity index is 1.59. The van der Waals surface area contributed by atoms with Gasteiger partial charge >= 0.3 is 0 Å². The lowest BCUT2D eigenvalue weighted by molar-refractivity contribution is -0.142. The van der Waals surface area contributed by atoms with Crippen molar-refractivity contribution in [1.29, 1.82) is 0 Å². The average molecular weight is 545 g/mol. The molecule has 0 radical (unpaired) electrons. The average Bonchev–Trinajstić information content (AvgIpc) is 2.97. The molecule has 8 heteroatoms. The molecule has 0 spiro atoms. The van der Waals surface area contributed by atoms with E-state index in [4.69, 9.17) is 9.15 Å². The van der Waals surface area contributed by atoms with Gasteiger partial charge in [-0.15, -0.1) is 0 Å². The van der Waals surface area contributed by atoms with Crippen molar-refractivity contribution in [3.05, 3.63) is 112 Å². The van der Waals surface area contributed by atoms with Crippen LogP contribution in [0.4, 0.5) is 4.39 Å². The fraction of sp³-hybridized carbons (Fsp3) is 0.281. The highest BCUT2D eigenvalue weighted by Gasteiger charge is 2.26. The number of halogens is 1. The zero-order valence-electron chi connectivity index (χ0n) is 22.9. The highest BCUT2D eigenvalue weighted by molar-refractivity contribution is 5.86. The third-order valence-corrected chi connectivity index (χ3v) is 7.02. The van der Waals surface area contributed by atoms with Crippen LogP contribution in [0.3, 0.4) is 0 Å².